The molecule has 0 radical (unpaired) electrons. The lowest BCUT2D eigenvalue weighted by Gasteiger charge is -2.10. The van der Waals surface area contributed by atoms with Crippen molar-refractivity contribution in [1.29, 1.82) is 0 Å². The van der Waals surface area contributed by atoms with E-state index in [0.717, 1.165) is 13.2 Å². The van der Waals surface area contributed by atoms with Crippen molar-refractivity contribution in [1.82, 2.24) is 10.6 Å². The summed E-state index contributed by atoms with van der Waals surface area (Å²) >= 11 is 0. The van der Waals surface area contributed by atoms with Gasteiger partial charge in [0.1, 0.15) is 0 Å². The Morgan fingerprint density at radius 2 is 2.00 bits per heavy atom. The highest BCUT2D eigenvalue weighted by Gasteiger charge is 1.92. The van der Waals surface area contributed by atoms with Crippen LogP contribution in [-0.2, 0) is 0 Å². The Morgan fingerprint density at radius 1 is 1.33 bits per heavy atom. The van der Waals surface area contributed by atoms with Crippen molar-refractivity contribution in [2.45, 2.75) is 33.2 Å². The molecule has 2 N–H and O–H groups in total. The molecule has 0 rings (SSSR count). The molecule has 2 heteroatoms. The van der Waals surface area contributed by atoms with Crippen LogP contribution in [0.3, 0.4) is 0 Å². The van der Waals surface area contributed by atoms with Crippen LogP contribution in [0, 0.1) is 0 Å². The van der Waals surface area contributed by atoms with Gasteiger partial charge in [-0.15, -0.1) is 0 Å². The largest absolute Gasteiger partial charge is 0.305 e. The van der Waals surface area contributed by atoms with Gasteiger partial charge < -0.3 is 10.6 Å². The monoisotopic (exact) mass is 130 g/mol. The van der Waals surface area contributed by atoms with Gasteiger partial charge >= 0.3 is 0 Å². The molecule has 0 fully saturated rings. The van der Waals surface area contributed by atoms with E-state index < -0.39 is 0 Å². The van der Waals surface area contributed by atoms with Gasteiger partial charge in [0.05, 0.1) is 0 Å². The zero-order chi connectivity index (χ0) is 7.11. The minimum atomic E-state index is 0.643. The van der Waals surface area contributed by atoms with Crippen molar-refractivity contribution in [3.63, 3.8) is 0 Å². The van der Waals surface area contributed by atoms with Gasteiger partial charge in [0.25, 0.3) is 0 Å². The van der Waals surface area contributed by atoms with Crippen LogP contribution < -0.4 is 10.6 Å². The summed E-state index contributed by atoms with van der Waals surface area (Å²) in [5, 5.41) is 6.52. The maximum atomic E-state index is 3.32. The van der Waals surface area contributed by atoms with Gasteiger partial charge in [-0.3, -0.25) is 0 Å². The van der Waals surface area contributed by atoms with E-state index >= 15 is 0 Å². The zero-order valence-corrected chi connectivity index (χ0v) is 6.70. The second-order valence-electron chi connectivity index (χ2n) is 2.29. The topological polar surface area (TPSA) is 24.1 Å². The third-order valence-electron chi connectivity index (χ3n) is 1.44. The van der Waals surface area contributed by atoms with Crippen LogP contribution in [0.5, 0.6) is 0 Å². The third kappa shape index (κ3) is 5.80. The quantitative estimate of drug-likeness (QED) is 0.427. The number of hydrogen-bond donors (Lipinski definition) is 2. The Hall–Kier alpha value is -0.0800. The molecule has 0 saturated carbocycles. The van der Waals surface area contributed by atoms with Gasteiger partial charge in [0, 0.05) is 12.7 Å². The standard InChI is InChI=1S/C7H18N2/c1-4-7(3)9-6-8-5-2/h7-9H,4-6H2,1-3H3. The highest BCUT2D eigenvalue weighted by Crippen LogP contribution is 1.84. The van der Waals surface area contributed by atoms with Crippen molar-refractivity contribution < 1.29 is 0 Å². The van der Waals surface area contributed by atoms with E-state index in [9.17, 15) is 0 Å². The summed E-state index contributed by atoms with van der Waals surface area (Å²) in [6.45, 7) is 8.47. The van der Waals surface area contributed by atoms with Gasteiger partial charge in [0.15, 0.2) is 0 Å². The molecule has 0 aromatic rings. The summed E-state index contributed by atoms with van der Waals surface area (Å²) in [6, 6.07) is 0.643. The average molecular weight is 130 g/mol. The van der Waals surface area contributed by atoms with E-state index in [-0.39, 0.29) is 0 Å². The summed E-state index contributed by atoms with van der Waals surface area (Å²) in [4.78, 5) is 0. The molecule has 1 atom stereocenters. The molecule has 2 nitrogen and oxygen atoms in total. The lowest BCUT2D eigenvalue weighted by molar-refractivity contribution is 0.499. The second-order valence-corrected chi connectivity index (χ2v) is 2.29. The molecule has 0 aliphatic rings. The molecule has 0 aromatic carbocycles. The van der Waals surface area contributed by atoms with Crippen LogP contribution in [0.15, 0.2) is 0 Å². The second kappa shape index (κ2) is 6.05. The van der Waals surface area contributed by atoms with Crippen molar-refractivity contribution in [2.24, 2.45) is 0 Å². The zero-order valence-electron chi connectivity index (χ0n) is 6.70. The number of hydrogen-bond acceptors (Lipinski definition) is 2. The van der Waals surface area contributed by atoms with E-state index in [0.29, 0.717) is 6.04 Å². The van der Waals surface area contributed by atoms with Crippen molar-refractivity contribution in [3.05, 3.63) is 0 Å². The van der Waals surface area contributed by atoms with E-state index in [4.69, 9.17) is 0 Å². The van der Waals surface area contributed by atoms with Crippen LogP contribution >= 0.6 is 0 Å². The van der Waals surface area contributed by atoms with Crippen LogP contribution in [0.2, 0.25) is 0 Å². The van der Waals surface area contributed by atoms with Gasteiger partial charge in [-0.2, -0.15) is 0 Å². The maximum absolute atomic E-state index is 3.32. The van der Waals surface area contributed by atoms with Crippen LogP contribution in [0.25, 0.3) is 0 Å². The summed E-state index contributed by atoms with van der Waals surface area (Å²) in [5.41, 5.74) is 0. The SMILES string of the molecule is CCNCNC(C)CC. The summed E-state index contributed by atoms with van der Waals surface area (Å²) < 4.78 is 0. The highest BCUT2D eigenvalue weighted by molar-refractivity contribution is 4.54. The number of nitrogens with one attached hydrogen (secondary N) is 2. The first-order valence-corrected chi connectivity index (χ1v) is 3.75. The molecular weight excluding hydrogens is 112 g/mol. The summed E-state index contributed by atoms with van der Waals surface area (Å²) in [5.74, 6) is 0. The minimum absolute atomic E-state index is 0.643. The predicted molar refractivity (Wildman–Crippen MR) is 41.4 cm³/mol. The Labute approximate surface area is 58.0 Å². The Kier molecular flexibility index (Phi) is 5.99. The van der Waals surface area contributed by atoms with Crippen LogP contribution in [0.1, 0.15) is 27.2 Å². The lowest BCUT2D eigenvalue weighted by Crippen LogP contribution is -2.34. The lowest BCUT2D eigenvalue weighted by atomic mass is 10.3. The molecule has 0 bridgehead atoms. The van der Waals surface area contributed by atoms with Crippen LogP contribution in [0.4, 0.5) is 0 Å². The molecule has 1 unspecified atom stereocenters. The van der Waals surface area contributed by atoms with Gasteiger partial charge in [-0.1, -0.05) is 13.8 Å². The van der Waals surface area contributed by atoms with E-state index in [1.807, 2.05) is 0 Å². The first-order valence-electron chi connectivity index (χ1n) is 3.75. The summed E-state index contributed by atoms with van der Waals surface area (Å²) in [7, 11) is 0. The first-order chi connectivity index (χ1) is 4.31. The Balaban J connectivity index is 2.88. The Morgan fingerprint density at radius 3 is 2.44 bits per heavy atom. The third-order valence-corrected chi connectivity index (χ3v) is 1.44. The molecule has 0 spiro atoms. The molecular formula is C7H18N2. The highest BCUT2D eigenvalue weighted by atomic mass is 15.1. The van der Waals surface area contributed by atoms with E-state index in [1.165, 1.54) is 6.42 Å². The van der Waals surface area contributed by atoms with Crippen molar-refractivity contribution in [2.75, 3.05) is 13.2 Å². The predicted octanol–water partition coefficient (Wildman–Crippen LogP) is 0.941. The minimum Gasteiger partial charge on any atom is -0.305 e. The average Bonchev–Trinajstić information content (AvgIpc) is 1.89. The van der Waals surface area contributed by atoms with E-state index in [1.54, 1.807) is 0 Å². The van der Waals surface area contributed by atoms with Gasteiger partial charge in [0.2, 0.25) is 0 Å². The van der Waals surface area contributed by atoms with Gasteiger partial charge in [-0.05, 0) is 19.9 Å². The van der Waals surface area contributed by atoms with Crippen molar-refractivity contribution >= 4 is 0 Å². The molecule has 0 saturated heterocycles. The molecule has 56 valence electrons. The molecule has 0 aliphatic heterocycles. The maximum Gasteiger partial charge on any atom is 0.0456 e. The number of rotatable bonds is 5. The first kappa shape index (κ1) is 8.92. The Bertz CT molecular complexity index is 54.9. The molecule has 9 heavy (non-hydrogen) atoms. The smallest absolute Gasteiger partial charge is 0.0456 e. The fourth-order valence-corrected chi connectivity index (χ4v) is 0.516. The van der Waals surface area contributed by atoms with Crippen LogP contribution in [-0.4, -0.2) is 19.3 Å². The van der Waals surface area contributed by atoms with E-state index in [2.05, 4.69) is 31.4 Å². The molecule has 0 aliphatic carbocycles. The molecule has 0 aromatic heterocycles. The fourth-order valence-electron chi connectivity index (χ4n) is 0.516. The summed E-state index contributed by atoms with van der Waals surface area (Å²) in [6.07, 6.45) is 1.20. The normalized spacial score (nSPS) is 13.7. The van der Waals surface area contributed by atoms with Gasteiger partial charge in [-0.25, -0.2) is 0 Å². The fraction of sp³-hybridized carbons (Fsp3) is 1.00. The van der Waals surface area contributed by atoms with Crippen molar-refractivity contribution in [3.8, 4) is 0 Å². The molecule has 0 amide bonds. The molecule has 0 heterocycles.